The highest BCUT2D eigenvalue weighted by Gasteiger charge is 2.57. The van der Waals surface area contributed by atoms with E-state index in [1.165, 1.54) is 0 Å². The molecule has 0 bridgehead atoms. The molecule has 0 aromatic heterocycles. The molecule has 1 fully saturated rings. The van der Waals surface area contributed by atoms with Gasteiger partial charge in [0, 0.05) is 16.9 Å². The van der Waals surface area contributed by atoms with Gasteiger partial charge in [0.25, 0.3) is 0 Å². The van der Waals surface area contributed by atoms with Gasteiger partial charge in [-0.15, -0.1) is 0 Å². The molecule has 0 saturated carbocycles. The van der Waals surface area contributed by atoms with E-state index in [4.69, 9.17) is 14.0 Å². The lowest BCUT2D eigenvalue weighted by molar-refractivity contribution is 0.00578. The molecule has 1 saturated heterocycles. The van der Waals surface area contributed by atoms with Crippen molar-refractivity contribution in [1.29, 1.82) is 0 Å². The first-order valence-electron chi connectivity index (χ1n) is 8.13. The lowest BCUT2D eigenvalue weighted by atomic mass is 9.67. The summed E-state index contributed by atoms with van der Waals surface area (Å²) in [6, 6.07) is 8.34. The molecule has 2 aliphatic rings. The number of hydrogen-bond acceptors (Lipinski definition) is 4. The maximum atomic E-state index is 6.36. The van der Waals surface area contributed by atoms with Crippen molar-refractivity contribution in [3.8, 4) is 0 Å². The fourth-order valence-corrected chi connectivity index (χ4v) is 2.89. The molecule has 1 spiro atoms. The molecule has 23 heavy (non-hydrogen) atoms. The van der Waals surface area contributed by atoms with Crippen molar-refractivity contribution in [2.24, 2.45) is 4.99 Å². The van der Waals surface area contributed by atoms with Gasteiger partial charge in [0.15, 0.2) is 0 Å². The average molecular weight is 317 g/mol. The molecule has 126 valence electrons. The van der Waals surface area contributed by atoms with Gasteiger partial charge < -0.3 is 19.3 Å². The molecule has 0 aliphatic carbocycles. The van der Waals surface area contributed by atoms with E-state index in [0.29, 0.717) is 6.02 Å². The highest BCUT2D eigenvalue weighted by atomic mass is 16.8. The smallest absolute Gasteiger partial charge is 0.470 e. The highest BCUT2D eigenvalue weighted by Crippen LogP contribution is 2.43. The van der Waals surface area contributed by atoms with Crippen molar-refractivity contribution in [3.05, 3.63) is 24.3 Å². The van der Waals surface area contributed by atoms with Gasteiger partial charge in [0.1, 0.15) is 0 Å². The number of amidine groups is 1. The van der Waals surface area contributed by atoms with Gasteiger partial charge in [-0.25, -0.2) is 4.99 Å². The summed E-state index contributed by atoms with van der Waals surface area (Å²) in [5.74, 6) is 0. The highest BCUT2D eigenvalue weighted by molar-refractivity contribution is 6.79. The van der Waals surface area contributed by atoms with Crippen LogP contribution in [-0.4, -0.2) is 29.5 Å². The Morgan fingerprint density at radius 3 is 2.13 bits per heavy atom. The summed E-state index contributed by atoms with van der Waals surface area (Å²) in [5.41, 5.74) is 0.568. The lowest BCUT2D eigenvalue weighted by Crippen LogP contribution is -2.60. The van der Waals surface area contributed by atoms with Gasteiger partial charge in [-0.3, -0.25) is 0 Å². The Morgan fingerprint density at radius 1 is 1.00 bits per heavy atom. The Hall–Kier alpha value is -1.53. The van der Waals surface area contributed by atoms with Gasteiger partial charge in [-0.1, -0.05) is 23.7 Å². The van der Waals surface area contributed by atoms with Crippen LogP contribution in [0.1, 0.15) is 48.5 Å². The number of benzene rings is 1. The summed E-state index contributed by atoms with van der Waals surface area (Å²) in [7, 11) is 0. The topological polar surface area (TPSA) is 52.1 Å². The zero-order valence-electron chi connectivity index (χ0n) is 15.1. The maximum Gasteiger partial charge on any atom is 0.470 e. The number of hydrogen-bond donors (Lipinski definition) is 1. The van der Waals surface area contributed by atoms with Crippen LogP contribution in [0.2, 0.25) is 0 Å². The van der Waals surface area contributed by atoms with E-state index in [9.17, 15) is 0 Å². The SMILES string of the molecule is CC(C)(C)N=C1Nc2ccccc2[B-]2(O1)OC(C)(C)C(C)(C)O2. The molecule has 2 heterocycles. The molecular weight excluding hydrogens is 291 g/mol. The van der Waals surface area contributed by atoms with E-state index in [1.807, 2.05) is 72.7 Å². The van der Waals surface area contributed by atoms with Crippen molar-refractivity contribution in [2.45, 2.75) is 65.2 Å². The van der Waals surface area contributed by atoms with Crippen molar-refractivity contribution < 1.29 is 14.0 Å². The second-order valence-corrected chi connectivity index (χ2v) is 8.32. The van der Waals surface area contributed by atoms with Crippen LogP contribution in [-0.2, 0) is 14.0 Å². The molecule has 0 unspecified atom stereocenters. The third kappa shape index (κ3) is 2.74. The minimum Gasteiger partial charge on any atom is -0.639 e. The minimum absolute atomic E-state index is 0.268. The van der Waals surface area contributed by atoms with Crippen LogP contribution < -0.4 is 10.8 Å². The van der Waals surface area contributed by atoms with Crippen LogP contribution in [0.5, 0.6) is 0 Å². The maximum absolute atomic E-state index is 6.36. The van der Waals surface area contributed by atoms with Gasteiger partial charge in [-0.05, 0) is 54.5 Å². The number of anilines is 1. The summed E-state index contributed by atoms with van der Waals surface area (Å²) in [5, 5.41) is 3.24. The number of rotatable bonds is 0. The lowest BCUT2D eigenvalue weighted by Gasteiger charge is -2.44. The van der Waals surface area contributed by atoms with Gasteiger partial charge in [0.2, 0.25) is 6.02 Å². The van der Waals surface area contributed by atoms with Crippen molar-refractivity contribution in [1.82, 2.24) is 0 Å². The van der Waals surface area contributed by atoms with Crippen LogP contribution in [0.15, 0.2) is 29.3 Å². The van der Waals surface area contributed by atoms with E-state index < -0.39 is 18.0 Å². The molecule has 0 radical (unpaired) electrons. The Bertz CT molecular complexity index is 646. The molecule has 2 aliphatic heterocycles. The van der Waals surface area contributed by atoms with Crippen molar-refractivity contribution >= 4 is 23.9 Å². The summed E-state index contributed by atoms with van der Waals surface area (Å²) < 4.78 is 18.9. The first kappa shape index (κ1) is 16.3. The largest absolute Gasteiger partial charge is 0.639 e. The van der Waals surface area contributed by atoms with Gasteiger partial charge in [-0.2, -0.15) is 0 Å². The zero-order chi connectivity index (χ0) is 17.1. The molecule has 1 aromatic carbocycles. The van der Waals surface area contributed by atoms with E-state index in [2.05, 4.69) is 10.3 Å². The number of nitrogens with one attached hydrogen (secondary N) is 1. The third-order valence-corrected chi connectivity index (χ3v) is 4.64. The van der Waals surface area contributed by atoms with Crippen molar-refractivity contribution in [2.75, 3.05) is 5.32 Å². The van der Waals surface area contributed by atoms with Crippen LogP contribution in [0.3, 0.4) is 0 Å². The second-order valence-electron chi connectivity index (χ2n) is 8.32. The van der Waals surface area contributed by atoms with Crippen LogP contribution in [0.25, 0.3) is 0 Å². The zero-order valence-corrected chi connectivity index (χ0v) is 15.1. The number of fused-ring (bicyclic) bond motifs is 2. The predicted octanol–water partition coefficient (Wildman–Crippen LogP) is 3.03. The summed E-state index contributed by atoms with van der Waals surface area (Å²) >= 11 is 0. The minimum atomic E-state index is -2.08. The molecule has 0 amide bonds. The number of nitrogens with zero attached hydrogens (tertiary/aromatic N) is 1. The van der Waals surface area contributed by atoms with E-state index in [0.717, 1.165) is 11.2 Å². The van der Waals surface area contributed by atoms with Crippen LogP contribution >= 0.6 is 0 Å². The molecule has 1 aromatic rings. The monoisotopic (exact) mass is 317 g/mol. The van der Waals surface area contributed by atoms with Crippen LogP contribution in [0, 0.1) is 0 Å². The van der Waals surface area contributed by atoms with Crippen LogP contribution in [0.4, 0.5) is 5.69 Å². The molecule has 6 heteroatoms. The van der Waals surface area contributed by atoms with Gasteiger partial charge in [0.05, 0.1) is 5.54 Å². The number of para-hydroxylation sites is 1. The van der Waals surface area contributed by atoms with E-state index >= 15 is 0 Å². The standard InChI is InChI=1S/C17H26BN2O3/c1-15(2,3)20-14-19-13-11-9-8-10-12(13)18(21-14)22-16(4,5)17(6,7)23-18/h8-11H,1-7H3,(H,19,20)/q-1. The summed E-state index contributed by atoms with van der Waals surface area (Å²) in [4.78, 5) is 4.62. The molecule has 3 rings (SSSR count). The number of aliphatic imine (C=N–C) groups is 1. The first-order valence-corrected chi connectivity index (χ1v) is 8.13. The Labute approximate surface area is 138 Å². The third-order valence-electron chi connectivity index (χ3n) is 4.64. The van der Waals surface area contributed by atoms with Crippen molar-refractivity contribution in [3.63, 3.8) is 0 Å². The molecule has 1 N–H and O–H groups in total. The quantitative estimate of drug-likeness (QED) is 0.747. The fraction of sp³-hybridized carbons (Fsp3) is 0.588. The fourth-order valence-electron chi connectivity index (χ4n) is 2.89. The average Bonchev–Trinajstić information content (AvgIpc) is 2.52. The summed E-state index contributed by atoms with van der Waals surface area (Å²) in [6.07, 6.45) is 0. The first-order chi connectivity index (χ1) is 10.4. The molecular formula is C17H26BN2O3-. The normalized spacial score (nSPS) is 25.8. The Kier molecular flexibility index (Phi) is 3.37. The Morgan fingerprint density at radius 2 is 1.57 bits per heavy atom. The summed E-state index contributed by atoms with van der Waals surface area (Å²) in [6.45, 7) is 12.1. The predicted molar refractivity (Wildman–Crippen MR) is 94.1 cm³/mol. The van der Waals surface area contributed by atoms with E-state index in [1.54, 1.807) is 0 Å². The van der Waals surface area contributed by atoms with E-state index in [-0.39, 0.29) is 5.54 Å². The molecule has 5 nitrogen and oxygen atoms in total. The Balaban J connectivity index is 2.12. The second kappa shape index (κ2) is 4.74. The molecule has 0 atom stereocenters. The van der Waals surface area contributed by atoms with Gasteiger partial charge >= 0.3 is 6.75 Å².